The molecule has 0 aliphatic rings. The summed E-state index contributed by atoms with van der Waals surface area (Å²) in [5.41, 5.74) is 8.24. The van der Waals surface area contributed by atoms with E-state index in [1.165, 1.54) is 11.8 Å². The third-order valence-electron chi connectivity index (χ3n) is 4.56. The highest BCUT2D eigenvalue weighted by atomic mass is 16.2. The van der Waals surface area contributed by atoms with Crippen molar-refractivity contribution >= 4 is 12.1 Å². The van der Waals surface area contributed by atoms with Crippen molar-refractivity contribution in [3.63, 3.8) is 0 Å². The number of carbonyl (C=O) groups is 1. The van der Waals surface area contributed by atoms with E-state index in [9.17, 15) is 4.79 Å². The highest BCUT2D eigenvalue weighted by Gasteiger charge is 2.12. The van der Waals surface area contributed by atoms with Gasteiger partial charge in [0.05, 0.1) is 23.3 Å². The summed E-state index contributed by atoms with van der Waals surface area (Å²) in [5.74, 6) is -0.310. The topological polar surface area (TPSA) is 67.2 Å². The van der Waals surface area contributed by atoms with Gasteiger partial charge in [-0.25, -0.2) is 10.4 Å². The zero-order chi connectivity index (χ0) is 20.8. The third kappa shape index (κ3) is 4.64. The van der Waals surface area contributed by atoms with Crippen LogP contribution in [-0.2, 0) is 0 Å². The first-order valence-electron chi connectivity index (χ1n) is 9.58. The van der Waals surface area contributed by atoms with Crippen LogP contribution in [0.5, 0.6) is 0 Å². The van der Waals surface area contributed by atoms with Gasteiger partial charge in [-0.1, -0.05) is 66.2 Å². The molecule has 0 atom stereocenters. The largest absolute Gasteiger partial charge is 0.271 e. The second-order valence-corrected chi connectivity index (χ2v) is 6.81. The molecule has 4 rings (SSSR count). The molecule has 1 N–H and O–H groups in total. The van der Waals surface area contributed by atoms with E-state index in [1.807, 2.05) is 79.7 Å². The first-order chi connectivity index (χ1) is 14.7. The molecule has 0 fully saturated rings. The summed E-state index contributed by atoms with van der Waals surface area (Å²) in [6.45, 7) is 2.04. The van der Waals surface area contributed by atoms with Gasteiger partial charge in [-0.2, -0.15) is 5.10 Å². The number of nitrogens with one attached hydrogen (secondary N) is 1. The molecule has 5 heteroatoms. The summed E-state index contributed by atoms with van der Waals surface area (Å²) in [5, 5.41) is 4.03. The van der Waals surface area contributed by atoms with Gasteiger partial charge >= 0.3 is 0 Å². The third-order valence-corrected chi connectivity index (χ3v) is 4.56. The molecule has 30 heavy (non-hydrogen) atoms. The molecule has 4 aromatic rings. The molecule has 0 radical (unpaired) electrons. The number of hydrazone groups is 1. The lowest BCUT2D eigenvalue weighted by Crippen LogP contribution is -2.18. The molecule has 0 unspecified atom stereocenters. The Morgan fingerprint density at radius 2 is 1.53 bits per heavy atom. The van der Waals surface area contributed by atoms with Gasteiger partial charge in [-0.05, 0) is 31.2 Å². The van der Waals surface area contributed by atoms with Gasteiger partial charge in [0.25, 0.3) is 5.91 Å². The Hall–Kier alpha value is -4.12. The Labute approximate surface area is 175 Å². The molecule has 2 aromatic carbocycles. The first kappa shape index (κ1) is 19.2. The minimum absolute atomic E-state index is 0.310. The van der Waals surface area contributed by atoms with Gasteiger partial charge in [0.2, 0.25) is 0 Å². The van der Waals surface area contributed by atoms with Gasteiger partial charge in [0, 0.05) is 22.9 Å². The Morgan fingerprint density at radius 1 is 0.867 bits per heavy atom. The monoisotopic (exact) mass is 392 g/mol. The van der Waals surface area contributed by atoms with Crippen molar-refractivity contribution in [1.29, 1.82) is 0 Å². The fourth-order valence-electron chi connectivity index (χ4n) is 2.96. The number of pyridine rings is 2. The van der Waals surface area contributed by atoms with Gasteiger partial charge in [-0.3, -0.25) is 9.78 Å². The zero-order valence-corrected chi connectivity index (χ0v) is 16.5. The van der Waals surface area contributed by atoms with E-state index in [-0.39, 0.29) is 5.91 Å². The summed E-state index contributed by atoms with van der Waals surface area (Å²) in [6, 6.07) is 26.9. The number of amides is 1. The Morgan fingerprint density at radius 3 is 2.20 bits per heavy atom. The maximum atomic E-state index is 12.8. The normalized spacial score (nSPS) is 10.8. The maximum absolute atomic E-state index is 12.8. The van der Waals surface area contributed by atoms with Crippen molar-refractivity contribution < 1.29 is 4.79 Å². The Balaban J connectivity index is 1.67. The van der Waals surface area contributed by atoms with Crippen molar-refractivity contribution in [1.82, 2.24) is 15.4 Å². The molecule has 0 aliphatic heterocycles. The van der Waals surface area contributed by atoms with E-state index in [0.29, 0.717) is 11.3 Å². The molecule has 2 aromatic heterocycles. The van der Waals surface area contributed by atoms with Crippen LogP contribution in [0, 0.1) is 6.92 Å². The van der Waals surface area contributed by atoms with Crippen molar-refractivity contribution in [2.75, 3.05) is 0 Å². The van der Waals surface area contributed by atoms with Gasteiger partial charge in [0.15, 0.2) is 0 Å². The minimum Gasteiger partial charge on any atom is -0.267 e. The van der Waals surface area contributed by atoms with E-state index in [0.717, 1.165) is 22.5 Å². The van der Waals surface area contributed by atoms with Gasteiger partial charge in [0.1, 0.15) is 0 Å². The maximum Gasteiger partial charge on any atom is 0.271 e. The fraction of sp³-hybridized carbons (Fsp3) is 0.0400. The smallest absolute Gasteiger partial charge is 0.267 e. The summed E-state index contributed by atoms with van der Waals surface area (Å²) < 4.78 is 0. The molecule has 0 saturated heterocycles. The predicted octanol–water partition coefficient (Wildman–Crippen LogP) is 4.88. The molecule has 0 saturated carbocycles. The number of aromatic nitrogens is 2. The molecule has 5 nitrogen and oxygen atoms in total. The van der Waals surface area contributed by atoms with Gasteiger partial charge < -0.3 is 0 Å². The lowest BCUT2D eigenvalue weighted by Gasteiger charge is -2.09. The van der Waals surface area contributed by atoms with Crippen molar-refractivity contribution in [2.45, 2.75) is 6.92 Å². The average Bonchev–Trinajstić information content (AvgIpc) is 2.80. The molecule has 0 aliphatic carbocycles. The second-order valence-electron chi connectivity index (χ2n) is 6.81. The van der Waals surface area contributed by atoms with E-state index >= 15 is 0 Å². The van der Waals surface area contributed by atoms with Crippen molar-refractivity contribution in [3.05, 3.63) is 108 Å². The SMILES string of the molecule is Cc1ccc(-c2cc(C(=O)N/N=C/c3ccccn3)cc(-c3ccccc3)n2)cc1. The standard InChI is InChI=1S/C25H20N4O/c1-18-10-12-20(13-11-18)24-16-21(15-23(28-24)19-7-3-2-4-8-19)25(30)29-27-17-22-9-5-6-14-26-22/h2-17H,1H3,(H,29,30)/b27-17+. The molecule has 0 spiro atoms. The number of hydrogen-bond donors (Lipinski definition) is 1. The number of hydrogen-bond acceptors (Lipinski definition) is 4. The number of rotatable bonds is 5. The average molecular weight is 392 g/mol. The van der Waals surface area contributed by atoms with E-state index < -0.39 is 0 Å². The van der Waals surface area contributed by atoms with Crippen LogP contribution in [0.4, 0.5) is 0 Å². The molecule has 1 amide bonds. The molecule has 0 bridgehead atoms. The lowest BCUT2D eigenvalue weighted by molar-refractivity contribution is 0.0955. The lowest BCUT2D eigenvalue weighted by atomic mass is 10.0. The minimum atomic E-state index is -0.310. The van der Waals surface area contributed by atoms with Gasteiger partial charge in [-0.15, -0.1) is 0 Å². The molecule has 2 heterocycles. The van der Waals surface area contributed by atoms with Crippen LogP contribution in [-0.4, -0.2) is 22.1 Å². The van der Waals surface area contributed by atoms with E-state index in [4.69, 9.17) is 4.98 Å². The number of carbonyl (C=O) groups excluding carboxylic acids is 1. The highest BCUT2D eigenvalue weighted by Crippen LogP contribution is 2.25. The van der Waals surface area contributed by atoms with Crippen LogP contribution in [0.1, 0.15) is 21.6 Å². The van der Waals surface area contributed by atoms with Crippen LogP contribution in [0.3, 0.4) is 0 Å². The van der Waals surface area contributed by atoms with Crippen LogP contribution in [0.15, 0.2) is 96.2 Å². The summed E-state index contributed by atoms with van der Waals surface area (Å²) in [7, 11) is 0. The quantitative estimate of drug-likeness (QED) is 0.389. The summed E-state index contributed by atoms with van der Waals surface area (Å²) >= 11 is 0. The van der Waals surface area contributed by atoms with Crippen LogP contribution < -0.4 is 5.43 Å². The molecule has 146 valence electrons. The van der Waals surface area contributed by atoms with Crippen molar-refractivity contribution in [2.24, 2.45) is 5.10 Å². The summed E-state index contributed by atoms with van der Waals surface area (Å²) in [6.07, 6.45) is 3.18. The van der Waals surface area contributed by atoms with Crippen LogP contribution >= 0.6 is 0 Å². The van der Waals surface area contributed by atoms with E-state index in [2.05, 4.69) is 15.5 Å². The first-order valence-corrected chi connectivity index (χ1v) is 9.58. The molecular weight excluding hydrogens is 372 g/mol. The Bertz CT molecular complexity index is 1170. The second kappa shape index (κ2) is 8.92. The highest BCUT2D eigenvalue weighted by molar-refractivity contribution is 5.96. The Kier molecular flexibility index (Phi) is 5.71. The number of nitrogens with zero attached hydrogens (tertiary/aromatic N) is 3. The number of benzene rings is 2. The predicted molar refractivity (Wildman–Crippen MR) is 119 cm³/mol. The molecular formula is C25H20N4O. The summed E-state index contributed by atoms with van der Waals surface area (Å²) in [4.78, 5) is 21.7. The number of aryl methyl sites for hydroxylation is 1. The fourth-order valence-corrected chi connectivity index (χ4v) is 2.96. The zero-order valence-electron chi connectivity index (χ0n) is 16.5. The van der Waals surface area contributed by atoms with Crippen molar-refractivity contribution in [3.8, 4) is 22.5 Å². The van der Waals surface area contributed by atoms with Crippen LogP contribution in [0.25, 0.3) is 22.5 Å². The van der Waals surface area contributed by atoms with E-state index in [1.54, 1.807) is 18.3 Å². The van der Waals surface area contributed by atoms with Crippen LogP contribution in [0.2, 0.25) is 0 Å².